The predicted molar refractivity (Wildman–Crippen MR) is 137 cm³/mol. The number of rotatable bonds is 6. The lowest BCUT2D eigenvalue weighted by Crippen LogP contribution is -2.30. The Labute approximate surface area is 215 Å². The topological polar surface area (TPSA) is 97.1 Å². The summed E-state index contributed by atoms with van der Waals surface area (Å²) < 4.78 is 32.7. The van der Waals surface area contributed by atoms with Crippen LogP contribution in [-0.2, 0) is 0 Å². The third-order valence-electron chi connectivity index (χ3n) is 5.95. The molecule has 10 heteroatoms. The molecule has 190 valence electrons. The Kier molecular flexibility index (Phi) is 6.77. The Balaban J connectivity index is 1.29. The summed E-state index contributed by atoms with van der Waals surface area (Å²) in [6.07, 6.45) is 0. The van der Waals surface area contributed by atoms with Crippen LogP contribution in [0.1, 0.15) is 17.0 Å². The van der Waals surface area contributed by atoms with Gasteiger partial charge in [-0.15, -0.1) is 0 Å². The van der Waals surface area contributed by atoms with Crippen molar-refractivity contribution in [3.8, 4) is 11.5 Å². The number of anilines is 1. The van der Waals surface area contributed by atoms with E-state index in [9.17, 15) is 23.7 Å². The number of hydrazone groups is 1. The molecule has 5 rings (SSSR count). The first-order chi connectivity index (χ1) is 18.4. The maximum absolute atomic E-state index is 13.5. The van der Waals surface area contributed by atoms with Crippen molar-refractivity contribution in [1.82, 2.24) is 5.01 Å². The maximum atomic E-state index is 13.5. The van der Waals surface area contributed by atoms with Gasteiger partial charge in [-0.1, -0.05) is 24.3 Å². The second kappa shape index (κ2) is 10.5. The Bertz CT molecular complexity index is 1490. The number of ether oxygens (including phenoxy) is 1. The van der Waals surface area contributed by atoms with E-state index in [-0.39, 0.29) is 29.8 Å². The molecule has 4 aromatic carbocycles. The highest BCUT2D eigenvalue weighted by Gasteiger charge is 2.32. The molecule has 0 aliphatic carbocycles. The molecule has 38 heavy (non-hydrogen) atoms. The van der Waals surface area contributed by atoms with Gasteiger partial charge in [0.05, 0.1) is 17.2 Å². The van der Waals surface area contributed by atoms with E-state index in [1.807, 2.05) is 0 Å². The average Bonchev–Trinajstić information content (AvgIpc) is 3.37. The van der Waals surface area contributed by atoms with E-state index in [0.29, 0.717) is 28.5 Å². The number of nitrogens with zero attached hydrogens (tertiary/aromatic N) is 3. The number of nitrogens with one attached hydrogen (secondary N) is 1. The van der Waals surface area contributed by atoms with Crippen molar-refractivity contribution in [3.05, 3.63) is 130 Å². The van der Waals surface area contributed by atoms with Gasteiger partial charge < -0.3 is 10.1 Å². The van der Waals surface area contributed by atoms with E-state index in [2.05, 4.69) is 10.4 Å². The van der Waals surface area contributed by atoms with Gasteiger partial charge in [-0.2, -0.15) is 5.10 Å². The van der Waals surface area contributed by atoms with Crippen LogP contribution in [0, 0.1) is 21.7 Å². The van der Waals surface area contributed by atoms with Gasteiger partial charge in [-0.3, -0.25) is 10.1 Å². The quantitative estimate of drug-likeness (QED) is 0.229. The number of halogens is 2. The minimum Gasteiger partial charge on any atom is -0.457 e. The van der Waals surface area contributed by atoms with Crippen molar-refractivity contribution in [3.63, 3.8) is 0 Å². The van der Waals surface area contributed by atoms with Crippen LogP contribution >= 0.6 is 0 Å². The summed E-state index contributed by atoms with van der Waals surface area (Å²) in [7, 11) is 0. The molecule has 0 fully saturated rings. The lowest BCUT2D eigenvalue weighted by Gasteiger charge is -2.16. The molecular weight excluding hydrogens is 494 g/mol. The third-order valence-corrected chi connectivity index (χ3v) is 5.95. The Morgan fingerprint density at radius 2 is 1.42 bits per heavy atom. The number of carbonyl (C=O) groups is 1. The van der Waals surface area contributed by atoms with Crippen LogP contribution in [0.3, 0.4) is 0 Å². The van der Waals surface area contributed by atoms with E-state index >= 15 is 0 Å². The fourth-order valence-electron chi connectivity index (χ4n) is 4.03. The number of hydrogen-bond acceptors (Lipinski definition) is 5. The monoisotopic (exact) mass is 514 g/mol. The van der Waals surface area contributed by atoms with Crippen LogP contribution in [-0.4, -0.2) is 28.2 Å². The van der Waals surface area contributed by atoms with Gasteiger partial charge in [-0.05, 0) is 71.8 Å². The van der Waals surface area contributed by atoms with Crippen molar-refractivity contribution in [2.75, 3.05) is 11.9 Å². The first kappa shape index (κ1) is 24.6. The summed E-state index contributed by atoms with van der Waals surface area (Å²) in [5.74, 6) is -0.182. The van der Waals surface area contributed by atoms with Gasteiger partial charge in [0.15, 0.2) is 0 Å². The number of hydrogen-bond donors (Lipinski definition) is 1. The van der Waals surface area contributed by atoms with Crippen molar-refractivity contribution in [1.29, 1.82) is 0 Å². The van der Waals surface area contributed by atoms with Crippen LogP contribution in [0.4, 0.5) is 25.0 Å². The first-order valence-electron chi connectivity index (χ1n) is 11.6. The molecule has 4 aromatic rings. The molecular formula is C28H20F2N4O4. The summed E-state index contributed by atoms with van der Waals surface area (Å²) in [4.78, 5) is 23.3. The van der Waals surface area contributed by atoms with Crippen molar-refractivity contribution in [2.45, 2.75) is 5.92 Å². The molecule has 2 amide bonds. The van der Waals surface area contributed by atoms with Crippen LogP contribution in [0.15, 0.2) is 102 Å². The number of benzene rings is 4. The van der Waals surface area contributed by atoms with Crippen molar-refractivity contribution in [2.24, 2.45) is 5.10 Å². The zero-order chi connectivity index (χ0) is 26.6. The maximum Gasteiger partial charge on any atom is 0.342 e. The van der Waals surface area contributed by atoms with Gasteiger partial charge in [-0.25, -0.2) is 18.6 Å². The molecule has 0 spiro atoms. The second-order valence-electron chi connectivity index (χ2n) is 8.49. The van der Waals surface area contributed by atoms with E-state index in [1.54, 1.807) is 48.5 Å². The highest BCUT2D eigenvalue weighted by molar-refractivity contribution is 6.07. The lowest BCUT2D eigenvalue weighted by atomic mass is 9.90. The van der Waals surface area contributed by atoms with E-state index < -0.39 is 11.0 Å². The van der Waals surface area contributed by atoms with Gasteiger partial charge in [0.2, 0.25) is 0 Å². The molecule has 1 aliphatic heterocycles. The molecule has 1 aliphatic rings. The highest BCUT2D eigenvalue weighted by atomic mass is 19.1. The third kappa shape index (κ3) is 5.49. The SMILES string of the molecule is O=C(Nc1ccc(Oc2ccc([N+](=O)[O-])cc2)cc1)N1CC(c2ccc(F)cc2)C(c2ccc(F)cc2)=N1. The number of carbonyl (C=O) groups excluding carboxylic acids is 1. The predicted octanol–water partition coefficient (Wildman–Crippen LogP) is 6.70. The zero-order valence-electron chi connectivity index (χ0n) is 19.8. The molecule has 0 saturated heterocycles. The smallest absolute Gasteiger partial charge is 0.342 e. The van der Waals surface area contributed by atoms with Crippen LogP contribution in [0.2, 0.25) is 0 Å². The van der Waals surface area contributed by atoms with E-state index in [4.69, 9.17) is 4.74 Å². The first-order valence-corrected chi connectivity index (χ1v) is 11.6. The number of non-ortho nitro benzene ring substituents is 1. The molecule has 0 aromatic heterocycles. The van der Waals surface area contributed by atoms with Crippen LogP contribution < -0.4 is 10.1 Å². The van der Waals surface area contributed by atoms with Crippen LogP contribution in [0.5, 0.6) is 11.5 Å². The summed E-state index contributed by atoms with van der Waals surface area (Å²) in [6.45, 7) is 0.214. The lowest BCUT2D eigenvalue weighted by molar-refractivity contribution is -0.384. The van der Waals surface area contributed by atoms with Gasteiger partial charge in [0, 0.05) is 23.7 Å². The van der Waals surface area contributed by atoms with E-state index in [1.165, 1.54) is 53.5 Å². The molecule has 0 saturated carbocycles. The number of nitro benzene ring substituents is 1. The molecule has 0 bridgehead atoms. The zero-order valence-corrected chi connectivity index (χ0v) is 19.8. The summed E-state index contributed by atoms with van der Waals surface area (Å²) in [5.41, 5.74) is 2.46. The normalized spacial score (nSPS) is 14.6. The Hall–Kier alpha value is -5.12. The van der Waals surface area contributed by atoms with Gasteiger partial charge >= 0.3 is 6.03 Å². The van der Waals surface area contributed by atoms with Crippen molar-refractivity contribution >= 4 is 23.1 Å². The number of nitro groups is 1. The fraction of sp³-hybridized carbons (Fsp3) is 0.0714. The molecule has 8 nitrogen and oxygen atoms in total. The molecule has 1 atom stereocenters. The summed E-state index contributed by atoms with van der Waals surface area (Å²) >= 11 is 0. The Morgan fingerprint density at radius 3 is 2.00 bits per heavy atom. The highest BCUT2D eigenvalue weighted by Crippen LogP contribution is 2.30. The standard InChI is InChI=1S/C28H20F2N4O4/c29-20-5-1-18(2-6-20)26-17-33(32-27(26)19-3-7-21(30)8-4-19)28(35)31-22-9-13-24(14-10-22)38-25-15-11-23(12-16-25)34(36)37/h1-16,26H,17H2,(H,31,35). The van der Waals surface area contributed by atoms with Gasteiger partial charge in [0.25, 0.3) is 5.69 Å². The molecule has 1 heterocycles. The molecule has 1 N–H and O–H groups in total. The fourth-order valence-corrected chi connectivity index (χ4v) is 4.03. The number of amides is 2. The van der Waals surface area contributed by atoms with Gasteiger partial charge in [0.1, 0.15) is 23.1 Å². The minimum atomic E-state index is -0.490. The number of urea groups is 1. The van der Waals surface area contributed by atoms with E-state index in [0.717, 1.165) is 5.56 Å². The molecule has 1 unspecified atom stereocenters. The minimum absolute atomic E-state index is 0.0377. The average molecular weight is 514 g/mol. The summed E-state index contributed by atoms with van der Waals surface area (Å²) in [6, 6.07) is 23.6. The largest absolute Gasteiger partial charge is 0.457 e. The second-order valence-corrected chi connectivity index (χ2v) is 8.49. The van der Waals surface area contributed by atoms with Crippen LogP contribution in [0.25, 0.3) is 0 Å². The van der Waals surface area contributed by atoms with Crippen molar-refractivity contribution < 1.29 is 23.2 Å². The Morgan fingerprint density at radius 1 is 0.868 bits per heavy atom. The summed E-state index contributed by atoms with van der Waals surface area (Å²) in [5, 5.41) is 19.4. The molecule has 0 radical (unpaired) electrons.